The maximum atomic E-state index is 11.2. The normalized spacial score (nSPS) is 12.2. The molecule has 2 atom stereocenters. The third-order valence-corrected chi connectivity index (χ3v) is 1.69. The Balaban J connectivity index is 0. The first-order valence-corrected chi connectivity index (χ1v) is 5.78. The van der Waals surface area contributed by atoms with Crippen molar-refractivity contribution in [3.8, 4) is 0 Å². The molecular formula is C10H21N2O3P. The lowest BCUT2D eigenvalue weighted by atomic mass is 10.1. The van der Waals surface area contributed by atoms with Gasteiger partial charge in [0.05, 0.1) is 0 Å². The van der Waals surface area contributed by atoms with Crippen LogP contribution in [0.3, 0.4) is 0 Å². The Morgan fingerprint density at radius 2 is 1.94 bits per heavy atom. The minimum Gasteiger partial charge on any atom is -0.481 e. The SMILES string of the molecule is CC.CNC(=O)C(CCC(=O)O)N=C(C)P. The van der Waals surface area contributed by atoms with Crippen LogP contribution in [0.4, 0.5) is 0 Å². The molecule has 0 spiro atoms. The van der Waals surface area contributed by atoms with Gasteiger partial charge in [-0.1, -0.05) is 23.1 Å². The molecule has 0 aromatic carbocycles. The van der Waals surface area contributed by atoms with Gasteiger partial charge in [-0.05, 0) is 13.3 Å². The molecule has 0 aliphatic carbocycles. The van der Waals surface area contributed by atoms with E-state index in [9.17, 15) is 9.59 Å². The lowest BCUT2D eigenvalue weighted by molar-refractivity contribution is -0.137. The number of carbonyl (C=O) groups is 2. The highest BCUT2D eigenvalue weighted by Gasteiger charge is 2.16. The van der Waals surface area contributed by atoms with Crippen LogP contribution in [0.5, 0.6) is 0 Å². The summed E-state index contributed by atoms with van der Waals surface area (Å²) in [4.78, 5) is 25.6. The van der Waals surface area contributed by atoms with E-state index in [4.69, 9.17) is 5.11 Å². The van der Waals surface area contributed by atoms with Crippen LogP contribution in [0, 0.1) is 0 Å². The van der Waals surface area contributed by atoms with Crippen molar-refractivity contribution < 1.29 is 14.7 Å². The van der Waals surface area contributed by atoms with Crippen molar-refractivity contribution in [1.29, 1.82) is 0 Å². The maximum Gasteiger partial charge on any atom is 0.303 e. The quantitative estimate of drug-likeness (QED) is 0.568. The summed E-state index contributed by atoms with van der Waals surface area (Å²) in [5, 5.41) is 10.9. The number of carboxylic acid groups (broad SMARTS) is 1. The minimum absolute atomic E-state index is 0.0560. The zero-order chi connectivity index (χ0) is 13.1. The number of carbonyl (C=O) groups excluding carboxylic acids is 1. The van der Waals surface area contributed by atoms with E-state index in [1.54, 1.807) is 6.92 Å². The van der Waals surface area contributed by atoms with Crippen LogP contribution >= 0.6 is 9.24 Å². The summed E-state index contributed by atoms with van der Waals surface area (Å²) < 4.78 is 0. The van der Waals surface area contributed by atoms with Crippen molar-refractivity contribution in [2.45, 2.75) is 39.7 Å². The zero-order valence-electron chi connectivity index (χ0n) is 10.3. The molecule has 6 heteroatoms. The third-order valence-electron chi connectivity index (χ3n) is 1.54. The van der Waals surface area contributed by atoms with Gasteiger partial charge >= 0.3 is 5.97 Å². The Labute approximate surface area is 98.9 Å². The van der Waals surface area contributed by atoms with Gasteiger partial charge < -0.3 is 10.4 Å². The van der Waals surface area contributed by atoms with Crippen molar-refractivity contribution in [3.63, 3.8) is 0 Å². The average Bonchev–Trinajstić information content (AvgIpc) is 2.25. The lowest BCUT2D eigenvalue weighted by Gasteiger charge is -2.09. The van der Waals surface area contributed by atoms with Gasteiger partial charge in [-0.2, -0.15) is 0 Å². The molecule has 2 N–H and O–H groups in total. The fourth-order valence-electron chi connectivity index (χ4n) is 0.927. The molecule has 0 aliphatic rings. The van der Waals surface area contributed by atoms with Gasteiger partial charge in [-0.15, -0.1) is 0 Å². The number of aliphatic imine (C=N–C) groups is 1. The van der Waals surface area contributed by atoms with E-state index in [2.05, 4.69) is 19.5 Å². The Morgan fingerprint density at radius 3 is 2.25 bits per heavy atom. The van der Waals surface area contributed by atoms with E-state index >= 15 is 0 Å². The van der Waals surface area contributed by atoms with Crippen LogP contribution < -0.4 is 5.32 Å². The van der Waals surface area contributed by atoms with Crippen LogP contribution in [0.2, 0.25) is 0 Å². The minimum atomic E-state index is -0.921. The van der Waals surface area contributed by atoms with Crippen LogP contribution in [0.25, 0.3) is 0 Å². The summed E-state index contributed by atoms with van der Waals surface area (Å²) in [5.74, 6) is -1.18. The van der Waals surface area contributed by atoms with Crippen molar-refractivity contribution in [1.82, 2.24) is 5.32 Å². The molecule has 94 valence electrons. The van der Waals surface area contributed by atoms with Crippen molar-refractivity contribution in [2.75, 3.05) is 7.05 Å². The van der Waals surface area contributed by atoms with Crippen LogP contribution in [-0.2, 0) is 9.59 Å². The van der Waals surface area contributed by atoms with Gasteiger partial charge in [-0.25, -0.2) is 0 Å². The number of amides is 1. The van der Waals surface area contributed by atoms with E-state index in [1.807, 2.05) is 13.8 Å². The largest absolute Gasteiger partial charge is 0.481 e. The van der Waals surface area contributed by atoms with Crippen LogP contribution in [0.1, 0.15) is 33.6 Å². The molecule has 1 amide bonds. The maximum absolute atomic E-state index is 11.2. The van der Waals surface area contributed by atoms with E-state index in [1.165, 1.54) is 7.05 Å². The van der Waals surface area contributed by atoms with Crippen LogP contribution in [0.15, 0.2) is 4.99 Å². The molecule has 0 aromatic rings. The predicted molar refractivity (Wildman–Crippen MR) is 68.9 cm³/mol. The van der Waals surface area contributed by atoms with Gasteiger partial charge in [0, 0.05) is 18.9 Å². The first-order valence-electron chi connectivity index (χ1n) is 5.20. The van der Waals surface area contributed by atoms with E-state index in [0.29, 0.717) is 5.45 Å². The average molecular weight is 248 g/mol. The highest BCUT2D eigenvalue weighted by molar-refractivity contribution is 7.40. The number of nitrogens with one attached hydrogen (secondary N) is 1. The Hall–Kier alpha value is -0.960. The topological polar surface area (TPSA) is 78.8 Å². The highest BCUT2D eigenvalue weighted by atomic mass is 31.0. The van der Waals surface area contributed by atoms with Gasteiger partial charge in [0.2, 0.25) is 5.91 Å². The first-order chi connectivity index (χ1) is 7.47. The number of nitrogens with zero attached hydrogens (tertiary/aromatic N) is 1. The molecule has 0 aliphatic heterocycles. The molecule has 0 fully saturated rings. The number of hydrogen-bond donors (Lipinski definition) is 2. The van der Waals surface area contributed by atoms with E-state index in [0.717, 1.165) is 0 Å². The van der Waals surface area contributed by atoms with E-state index < -0.39 is 12.0 Å². The predicted octanol–water partition coefficient (Wildman–Crippen LogP) is 1.29. The Kier molecular flexibility index (Phi) is 11.5. The smallest absolute Gasteiger partial charge is 0.303 e. The molecule has 5 nitrogen and oxygen atoms in total. The molecular weight excluding hydrogens is 227 g/mol. The van der Waals surface area contributed by atoms with Crippen molar-refractivity contribution in [3.05, 3.63) is 0 Å². The summed E-state index contributed by atoms with van der Waals surface area (Å²) in [7, 11) is 3.87. The second-order valence-corrected chi connectivity index (χ2v) is 3.67. The van der Waals surface area contributed by atoms with Gasteiger partial charge in [0.1, 0.15) is 6.04 Å². The molecule has 2 unspecified atom stereocenters. The second-order valence-electron chi connectivity index (χ2n) is 2.83. The summed E-state index contributed by atoms with van der Waals surface area (Å²) in [6, 6.07) is -0.603. The number of hydrogen-bond acceptors (Lipinski definition) is 3. The highest BCUT2D eigenvalue weighted by Crippen LogP contribution is 2.05. The molecule has 0 heterocycles. The monoisotopic (exact) mass is 248 g/mol. The lowest BCUT2D eigenvalue weighted by Crippen LogP contribution is -2.31. The standard InChI is InChI=1S/C8H15N2O3P.C2H6/c1-5(14)10-6(8(13)9-2)3-4-7(11)12;1-2/h6H,3-4,14H2,1-2H3,(H,9,13)(H,11,12);1-2H3. The molecule has 16 heavy (non-hydrogen) atoms. The van der Waals surface area contributed by atoms with Crippen molar-refractivity contribution >= 4 is 26.6 Å². The zero-order valence-corrected chi connectivity index (χ0v) is 11.4. The fourth-order valence-corrected chi connectivity index (χ4v) is 1.11. The number of carboxylic acids is 1. The molecule has 0 saturated carbocycles. The van der Waals surface area contributed by atoms with Gasteiger partial charge in [-0.3, -0.25) is 14.6 Å². The molecule has 0 rings (SSSR count). The molecule has 0 saturated heterocycles. The third kappa shape index (κ3) is 9.59. The Bertz CT molecular complexity index is 250. The number of aliphatic carboxylic acids is 1. The Morgan fingerprint density at radius 1 is 1.44 bits per heavy atom. The number of likely N-dealkylation sites (N-methyl/N-ethyl adjacent to an activating group) is 1. The molecule has 0 bridgehead atoms. The summed E-state index contributed by atoms with van der Waals surface area (Å²) in [6.07, 6.45) is 0.167. The fraction of sp³-hybridized carbons (Fsp3) is 0.700. The van der Waals surface area contributed by atoms with Crippen LogP contribution in [-0.4, -0.2) is 35.5 Å². The summed E-state index contributed by atoms with van der Waals surface area (Å²) >= 11 is 0. The summed E-state index contributed by atoms with van der Waals surface area (Å²) in [5.41, 5.74) is 0.684. The first kappa shape index (κ1) is 17.4. The van der Waals surface area contributed by atoms with E-state index in [-0.39, 0.29) is 18.7 Å². The summed E-state index contributed by atoms with van der Waals surface area (Å²) in [6.45, 7) is 5.74. The second kappa shape index (κ2) is 10.6. The van der Waals surface area contributed by atoms with Crippen molar-refractivity contribution in [2.24, 2.45) is 4.99 Å². The van der Waals surface area contributed by atoms with Gasteiger partial charge in [0.25, 0.3) is 0 Å². The number of rotatable bonds is 5. The van der Waals surface area contributed by atoms with Gasteiger partial charge in [0.15, 0.2) is 0 Å². The molecule has 0 aromatic heterocycles. The molecule has 0 radical (unpaired) electrons.